The SMILES string of the molecule is CN=C(NCCCNC(=O)c1ccc(Br)cc1)NCc1ccsc1.I. The predicted molar refractivity (Wildman–Crippen MR) is 119 cm³/mol. The van der Waals surface area contributed by atoms with Crippen LogP contribution in [0.2, 0.25) is 0 Å². The Bertz CT molecular complexity index is 662. The summed E-state index contributed by atoms with van der Waals surface area (Å²) in [6.45, 7) is 2.11. The van der Waals surface area contributed by atoms with E-state index in [9.17, 15) is 4.79 Å². The molecule has 1 aromatic heterocycles. The lowest BCUT2D eigenvalue weighted by molar-refractivity contribution is 0.0953. The summed E-state index contributed by atoms with van der Waals surface area (Å²) < 4.78 is 0.963. The number of thiophene rings is 1. The van der Waals surface area contributed by atoms with Gasteiger partial charge in [-0.2, -0.15) is 11.3 Å². The molecule has 0 spiro atoms. The standard InChI is InChI=1S/C17H21BrN4OS.HI/c1-19-17(22-11-13-7-10-24-12-13)21-9-2-8-20-16(23)14-3-5-15(18)6-4-14;/h3-7,10,12H,2,8-9,11H2,1H3,(H,20,23)(H2,19,21,22);1H. The highest BCUT2D eigenvalue weighted by Crippen LogP contribution is 2.10. The smallest absolute Gasteiger partial charge is 0.251 e. The summed E-state index contributed by atoms with van der Waals surface area (Å²) in [6.07, 6.45) is 0.821. The van der Waals surface area contributed by atoms with Gasteiger partial charge in [-0.1, -0.05) is 15.9 Å². The largest absolute Gasteiger partial charge is 0.356 e. The van der Waals surface area contributed by atoms with Crippen LogP contribution >= 0.6 is 51.2 Å². The van der Waals surface area contributed by atoms with E-state index in [4.69, 9.17) is 0 Å². The third-order valence-electron chi connectivity index (χ3n) is 3.30. The van der Waals surface area contributed by atoms with E-state index in [-0.39, 0.29) is 29.9 Å². The number of rotatable bonds is 7. The molecule has 0 saturated carbocycles. The summed E-state index contributed by atoms with van der Waals surface area (Å²) in [5.74, 6) is 0.711. The van der Waals surface area contributed by atoms with Crippen molar-refractivity contribution in [2.45, 2.75) is 13.0 Å². The molecule has 1 heterocycles. The van der Waals surface area contributed by atoms with E-state index in [1.165, 1.54) is 5.56 Å². The fraction of sp³-hybridized carbons (Fsp3) is 0.294. The van der Waals surface area contributed by atoms with Gasteiger partial charge >= 0.3 is 0 Å². The molecule has 0 bridgehead atoms. The molecular formula is C17H22BrIN4OS. The van der Waals surface area contributed by atoms with Crippen molar-refractivity contribution < 1.29 is 4.79 Å². The molecule has 136 valence electrons. The number of hydrogen-bond donors (Lipinski definition) is 3. The Morgan fingerprint density at radius 1 is 1.12 bits per heavy atom. The van der Waals surface area contributed by atoms with Crippen LogP contribution in [-0.4, -0.2) is 32.0 Å². The molecule has 5 nitrogen and oxygen atoms in total. The second-order valence-corrected chi connectivity index (χ2v) is 6.80. The van der Waals surface area contributed by atoms with Gasteiger partial charge < -0.3 is 16.0 Å². The minimum Gasteiger partial charge on any atom is -0.356 e. The van der Waals surface area contributed by atoms with Gasteiger partial charge in [-0.05, 0) is 53.1 Å². The van der Waals surface area contributed by atoms with E-state index >= 15 is 0 Å². The average molecular weight is 537 g/mol. The Kier molecular flexibility index (Phi) is 10.7. The molecule has 0 aliphatic heterocycles. The molecule has 25 heavy (non-hydrogen) atoms. The number of nitrogens with one attached hydrogen (secondary N) is 3. The van der Waals surface area contributed by atoms with Crippen molar-refractivity contribution in [1.82, 2.24) is 16.0 Å². The Hall–Kier alpha value is -1.13. The molecular weight excluding hydrogens is 515 g/mol. The molecule has 0 unspecified atom stereocenters. The van der Waals surface area contributed by atoms with Crippen LogP contribution < -0.4 is 16.0 Å². The second-order valence-electron chi connectivity index (χ2n) is 5.10. The number of nitrogens with zero attached hydrogens (tertiary/aromatic N) is 1. The molecule has 0 aliphatic rings. The highest BCUT2D eigenvalue weighted by molar-refractivity contribution is 14.0. The summed E-state index contributed by atoms with van der Waals surface area (Å²) in [4.78, 5) is 16.1. The van der Waals surface area contributed by atoms with E-state index in [1.807, 2.05) is 12.1 Å². The number of amides is 1. The van der Waals surface area contributed by atoms with E-state index in [2.05, 4.69) is 53.7 Å². The highest BCUT2D eigenvalue weighted by Gasteiger charge is 2.04. The maximum atomic E-state index is 12.0. The Labute approximate surface area is 177 Å². The van der Waals surface area contributed by atoms with Crippen LogP contribution in [0.1, 0.15) is 22.3 Å². The van der Waals surface area contributed by atoms with E-state index in [1.54, 1.807) is 30.5 Å². The molecule has 0 saturated heterocycles. The normalized spacial score (nSPS) is 10.7. The van der Waals surface area contributed by atoms with Crippen LogP contribution in [0.15, 0.2) is 50.6 Å². The highest BCUT2D eigenvalue weighted by atomic mass is 127. The van der Waals surface area contributed by atoms with E-state index in [0.717, 1.165) is 29.9 Å². The zero-order valence-corrected chi connectivity index (χ0v) is 18.7. The van der Waals surface area contributed by atoms with Crippen molar-refractivity contribution in [3.8, 4) is 0 Å². The molecule has 0 aliphatic carbocycles. The van der Waals surface area contributed by atoms with Crippen molar-refractivity contribution in [3.63, 3.8) is 0 Å². The van der Waals surface area contributed by atoms with Gasteiger partial charge in [0.1, 0.15) is 0 Å². The van der Waals surface area contributed by atoms with Crippen molar-refractivity contribution in [1.29, 1.82) is 0 Å². The van der Waals surface area contributed by atoms with Gasteiger partial charge in [0.2, 0.25) is 0 Å². The Balaban J connectivity index is 0.00000312. The average Bonchev–Trinajstić information content (AvgIpc) is 3.11. The van der Waals surface area contributed by atoms with Gasteiger partial charge in [0, 0.05) is 36.7 Å². The van der Waals surface area contributed by atoms with E-state index in [0.29, 0.717) is 12.1 Å². The first kappa shape index (κ1) is 21.9. The Morgan fingerprint density at radius 2 is 1.84 bits per heavy atom. The summed E-state index contributed by atoms with van der Waals surface area (Å²) in [6, 6.07) is 9.41. The quantitative estimate of drug-likeness (QED) is 0.219. The fourth-order valence-electron chi connectivity index (χ4n) is 2.00. The third-order valence-corrected chi connectivity index (χ3v) is 4.56. The van der Waals surface area contributed by atoms with Gasteiger partial charge in [-0.25, -0.2) is 0 Å². The molecule has 8 heteroatoms. The zero-order valence-electron chi connectivity index (χ0n) is 13.9. The number of aliphatic imine (C=N–C) groups is 1. The monoisotopic (exact) mass is 536 g/mol. The number of carbonyl (C=O) groups is 1. The topological polar surface area (TPSA) is 65.5 Å². The summed E-state index contributed by atoms with van der Waals surface area (Å²) in [5.41, 5.74) is 1.91. The lowest BCUT2D eigenvalue weighted by Crippen LogP contribution is -2.38. The second kappa shape index (κ2) is 12.3. The van der Waals surface area contributed by atoms with Gasteiger partial charge in [0.25, 0.3) is 5.91 Å². The molecule has 1 aromatic carbocycles. The molecule has 0 radical (unpaired) electrons. The summed E-state index contributed by atoms with van der Waals surface area (Å²) in [5, 5.41) is 13.6. The molecule has 0 fully saturated rings. The molecule has 0 atom stereocenters. The minimum atomic E-state index is -0.0533. The molecule has 1 amide bonds. The van der Waals surface area contributed by atoms with Crippen LogP contribution in [0, 0.1) is 0 Å². The van der Waals surface area contributed by atoms with Crippen molar-refractivity contribution >= 4 is 63.1 Å². The number of hydrogen-bond acceptors (Lipinski definition) is 3. The maximum absolute atomic E-state index is 12.0. The van der Waals surface area contributed by atoms with Crippen molar-refractivity contribution in [2.24, 2.45) is 4.99 Å². The first-order chi connectivity index (χ1) is 11.7. The third kappa shape index (κ3) is 8.19. The Morgan fingerprint density at radius 3 is 2.48 bits per heavy atom. The first-order valence-electron chi connectivity index (χ1n) is 7.68. The van der Waals surface area contributed by atoms with Crippen molar-refractivity contribution in [3.05, 3.63) is 56.7 Å². The van der Waals surface area contributed by atoms with Gasteiger partial charge in [-0.3, -0.25) is 9.79 Å². The summed E-state index contributed by atoms with van der Waals surface area (Å²) in [7, 11) is 1.75. The van der Waals surface area contributed by atoms with Crippen LogP contribution in [0.4, 0.5) is 0 Å². The molecule has 3 N–H and O–H groups in total. The lowest BCUT2D eigenvalue weighted by atomic mass is 10.2. The van der Waals surface area contributed by atoms with E-state index < -0.39 is 0 Å². The van der Waals surface area contributed by atoms with Gasteiger partial charge in [-0.15, -0.1) is 24.0 Å². The lowest BCUT2D eigenvalue weighted by Gasteiger charge is -2.11. The zero-order chi connectivity index (χ0) is 17.2. The van der Waals surface area contributed by atoms with Gasteiger partial charge in [0.15, 0.2) is 5.96 Å². The number of guanidine groups is 1. The van der Waals surface area contributed by atoms with Crippen molar-refractivity contribution in [2.75, 3.05) is 20.1 Å². The maximum Gasteiger partial charge on any atom is 0.251 e. The number of carbonyl (C=O) groups excluding carboxylic acids is 1. The minimum absolute atomic E-state index is 0. The summed E-state index contributed by atoms with van der Waals surface area (Å²) >= 11 is 5.04. The van der Waals surface area contributed by atoms with Crippen LogP contribution in [-0.2, 0) is 6.54 Å². The molecule has 2 aromatic rings. The number of benzene rings is 1. The van der Waals surface area contributed by atoms with Gasteiger partial charge in [0.05, 0.1) is 0 Å². The van der Waals surface area contributed by atoms with Crippen LogP contribution in [0.3, 0.4) is 0 Å². The fourth-order valence-corrected chi connectivity index (χ4v) is 2.93. The number of halogens is 2. The predicted octanol–water partition coefficient (Wildman–Crippen LogP) is 3.61. The van der Waals surface area contributed by atoms with Crippen LogP contribution in [0.25, 0.3) is 0 Å². The molecule has 2 rings (SSSR count). The van der Waals surface area contributed by atoms with Crippen LogP contribution in [0.5, 0.6) is 0 Å². The first-order valence-corrected chi connectivity index (χ1v) is 9.42.